The molecule has 100 valence electrons. The van der Waals surface area contributed by atoms with Crippen molar-refractivity contribution in [1.82, 2.24) is 0 Å². The molecule has 1 atom stereocenters. The first-order valence-electron chi connectivity index (χ1n) is 5.93. The van der Waals surface area contributed by atoms with Crippen molar-refractivity contribution < 1.29 is 4.39 Å². The van der Waals surface area contributed by atoms with Crippen molar-refractivity contribution in [2.75, 3.05) is 0 Å². The van der Waals surface area contributed by atoms with Gasteiger partial charge in [0.05, 0.1) is 0 Å². The lowest BCUT2D eigenvalue weighted by atomic mass is 9.96. The van der Waals surface area contributed by atoms with Crippen molar-refractivity contribution >= 4 is 27.5 Å². The van der Waals surface area contributed by atoms with E-state index in [2.05, 4.69) is 15.9 Å². The Bertz CT molecular complexity index is 580. The summed E-state index contributed by atoms with van der Waals surface area (Å²) >= 11 is 9.44. The van der Waals surface area contributed by atoms with Crippen molar-refractivity contribution in [3.63, 3.8) is 0 Å². The second-order valence-corrected chi connectivity index (χ2v) is 5.83. The summed E-state index contributed by atoms with van der Waals surface area (Å²) in [5, 5.41) is 0.421. The molecule has 0 saturated carbocycles. The van der Waals surface area contributed by atoms with Gasteiger partial charge in [-0.3, -0.25) is 0 Å². The topological polar surface area (TPSA) is 26.0 Å². The molecule has 0 heterocycles. The number of hydrogen-bond donors (Lipinski definition) is 1. The first-order chi connectivity index (χ1) is 8.99. The van der Waals surface area contributed by atoms with Gasteiger partial charge in [-0.1, -0.05) is 39.7 Å². The van der Waals surface area contributed by atoms with Crippen molar-refractivity contribution in [1.29, 1.82) is 0 Å². The summed E-state index contributed by atoms with van der Waals surface area (Å²) in [6, 6.07) is 10.3. The summed E-state index contributed by atoms with van der Waals surface area (Å²) in [5.41, 5.74) is 8.73. The van der Waals surface area contributed by atoms with E-state index in [1.165, 1.54) is 6.07 Å². The first-order valence-corrected chi connectivity index (χ1v) is 7.10. The van der Waals surface area contributed by atoms with Crippen LogP contribution < -0.4 is 5.73 Å². The SMILES string of the molecule is Cc1cc(Br)ccc1C(N)Cc1c(F)cccc1Cl. The Kier molecular flexibility index (Phi) is 4.61. The quantitative estimate of drug-likeness (QED) is 0.852. The van der Waals surface area contributed by atoms with E-state index in [1.54, 1.807) is 12.1 Å². The molecular weight excluding hydrogens is 329 g/mol. The number of nitrogens with two attached hydrogens (primary N) is 1. The van der Waals surface area contributed by atoms with Crippen LogP contribution >= 0.6 is 27.5 Å². The zero-order chi connectivity index (χ0) is 14.0. The summed E-state index contributed by atoms with van der Waals surface area (Å²) < 4.78 is 14.7. The molecule has 0 aromatic heterocycles. The molecule has 0 spiro atoms. The molecule has 19 heavy (non-hydrogen) atoms. The molecule has 1 nitrogen and oxygen atoms in total. The largest absolute Gasteiger partial charge is 0.324 e. The average Bonchev–Trinajstić information content (AvgIpc) is 2.33. The molecular formula is C15H14BrClFN. The Morgan fingerprint density at radius 3 is 2.68 bits per heavy atom. The molecule has 0 fully saturated rings. The van der Waals surface area contributed by atoms with E-state index < -0.39 is 0 Å². The lowest BCUT2D eigenvalue weighted by molar-refractivity contribution is 0.593. The summed E-state index contributed by atoms with van der Waals surface area (Å²) in [6.07, 6.45) is 0.383. The van der Waals surface area contributed by atoms with Crippen LogP contribution in [0.3, 0.4) is 0 Å². The maximum atomic E-state index is 13.7. The minimum atomic E-state index is -0.308. The van der Waals surface area contributed by atoms with Gasteiger partial charge in [0.2, 0.25) is 0 Å². The van der Waals surface area contributed by atoms with Crippen LogP contribution in [0.15, 0.2) is 40.9 Å². The van der Waals surface area contributed by atoms with Gasteiger partial charge >= 0.3 is 0 Å². The molecule has 0 radical (unpaired) electrons. The zero-order valence-corrected chi connectivity index (χ0v) is 12.8. The van der Waals surface area contributed by atoms with Crippen LogP contribution in [0.1, 0.15) is 22.7 Å². The van der Waals surface area contributed by atoms with Crippen molar-refractivity contribution in [2.45, 2.75) is 19.4 Å². The molecule has 2 N–H and O–H groups in total. The minimum Gasteiger partial charge on any atom is -0.324 e. The highest BCUT2D eigenvalue weighted by Crippen LogP contribution is 2.27. The van der Waals surface area contributed by atoms with Gasteiger partial charge in [0.15, 0.2) is 0 Å². The van der Waals surface area contributed by atoms with Crippen molar-refractivity contribution in [2.24, 2.45) is 5.73 Å². The maximum absolute atomic E-state index is 13.7. The molecule has 0 saturated heterocycles. The van der Waals surface area contributed by atoms with E-state index in [0.29, 0.717) is 17.0 Å². The smallest absolute Gasteiger partial charge is 0.127 e. The van der Waals surface area contributed by atoms with Gasteiger partial charge in [-0.05, 0) is 48.7 Å². The van der Waals surface area contributed by atoms with Crippen molar-refractivity contribution in [3.05, 3.63) is 68.4 Å². The predicted octanol–water partition coefficient (Wildman–Crippen LogP) is 4.79. The molecule has 1 unspecified atom stereocenters. The lowest BCUT2D eigenvalue weighted by Gasteiger charge is -2.16. The van der Waals surface area contributed by atoms with Crippen LogP contribution in [0.4, 0.5) is 4.39 Å². The summed E-state index contributed by atoms with van der Waals surface area (Å²) in [7, 11) is 0. The van der Waals surface area contributed by atoms with Crippen molar-refractivity contribution in [3.8, 4) is 0 Å². The van der Waals surface area contributed by atoms with Crippen LogP contribution in [-0.4, -0.2) is 0 Å². The third-order valence-electron chi connectivity index (χ3n) is 3.12. The fraction of sp³-hybridized carbons (Fsp3) is 0.200. The molecule has 2 rings (SSSR count). The maximum Gasteiger partial charge on any atom is 0.127 e. The Morgan fingerprint density at radius 1 is 1.32 bits per heavy atom. The van der Waals surface area contributed by atoms with Gasteiger partial charge in [0, 0.05) is 21.1 Å². The first kappa shape index (κ1) is 14.5. The number of hydrogen-bond acceptors (Lipinski definition) is 1. The van der Waals surface area contributed by atoms with E-state index in [0.717, 1.165) is 15.6 Å². The number of halogens is 3. The molecule has 0 aliphatic rings. The zero-order valence-electron chi connectivity index (χ0n) is 10.5. The molecule has 4 heteroatoms. The van der Waals surface area contributed by atoms with Crippen LogP contribution in [0.25, 0.3) is 0 Å². The Balaban J connectivity index is 2.28. The van der Waals surface area contributed by atoms with E-state index >= 15 is 0 Å². The highest BCUT2D eigenvalue weighted by Gasteiger charge is 2.15. The predicted molar refractivity (Wildman–Crippen MR) is 80.9 cm³/mol. The number of aryl methyl sites for hydroxylation is 1. The van der Waals surface area contributed by atoms with Gasteiger partial charge in [-0.15, -0.1) is 0 Å². The molecule has 0 bridgehead atoms. The van der Waals surface area contributed by atoms with E-state index in [4.69, 9.17) is 17.3 Å². The van der Waals surface area contributed by atoms with E-state index in [1.807, 2.05) is 25.1 Å². The Hall–Kier alpha value is -0.900. The molecule has 2 aromatic carbocycles. The highest BCUT2D eigenvalue weighted by atomic mass is 79.9. The Morgan fingerprint density at radius 2 is 2.05 bits per heavy atom. The second-order valence-electron chi connectivity index (χ2n) is 4.51. The van der Waals surface area contributed by atoms with Crippen LogP contribution in [0, 0.1) is 12.7 Å². The molecule has 0 amide bonds. The van der Waals surface area contributed by atoms with Gasteiger partial charge in [0.1, 0.15) is 5.82 Å². The lowest BCUT2D eigenvalue weighted by Crippen LogP contribution is -2.15. The molecule has 0 aliphatic carbocycles. The molecule has 0 aliphatic heterocycles. The summed E-state index contributed by atoms with van der Waals surface area (Å²) in [4.78, 5) is 0. The van der Waals surface area contributed by atoms with Crippen LogP contribution in [0.2, 0.25) is 5.02 Å². The van der Waals surface area contributed by atoms with Gasteiger partial charge < -0.3 is 5.73 Å². The second kappa shape index (κ2) is 6.04. The van der Waals surface area contributed by atoms with Gasteiger partial charge in [-0.25, -0.2) is 4.39 Å². The molecule has 2 aromatic rings. The fourth-order valence-corrected chi connectivity index (χ4v) is 2.83. The summed E-state index contributed by atoms with van der Waals surface area (Å²) in [6.45, 7) is 1.99. The van der Waals surface area contributed by atoms with E-state index in [-0.39, 0.29) is 11.9 Å². The number of rotatable bonds is 3. The fourth-order valence-electron chi connectivity index (χ4n) is 2.11. The van der Waals surface area contributed by atoms with Crippen LogP contribution in [-0.2, 0) is 6.42 Å². The Labute approximate surface area is 125 Å². The van der Waals surface area contributed by atoms with Gasteiger partial charge in [-0.2, -0.15) is 0 Å². The highest BCUT2D eigenvalue weighted by molar-refractivity contribution is 9.10. The van der Waals surface area contributed by atoms with Gasteiger partial charge in [0.25, 0.3) is 0 Å². The minimum absolute atomic E-state index is 0.275. The summed E-state index contributed by atoms with van der Waals surface area (Å²) in [5.74, 6) is -0.308. The average molecular weight is 343 g/mol. The normalized spacial score (nSPS) is 12.5. The van der Waals surface area contributed by atoms with E-state index in [9.17, 15) is 4.39 Å². The monoisotopic (exact) mass is 341 g/mol. The third-order valence-corrected chi connectivity index (χ3v) is 3.96. The third kappa shape index (κ3) is 3.35. The standard InChI is InChI=1S/C15H14BrClFN/c1-9-7-10(16)5-6-11(9)15(19)8-12-13(17)3-2-4-14(12)18/h2-7,15H,8,19H2,1H3. The number of benzene rings is 2. The van der Waals surface area contributed by atoms with Crippen LogP contribution in [0.5, 0.6) is 0 Å².